The third kappa shape index (κ3) is 6.12. The second kappa shape index (κ2) is 9.30. The molecule has 0 atom stereocenters. The first kappa shape index (κ1) is 19.9. The smallest absolute Gasteiger partial charge is 0.355 e. The lowest BCUT2D eigenvalue weighted by Gasteiger charge is -2.12. The molecule has 0 aliphatic rings. The van der Waals surface area contributed by atoms with Gasteiger partial charge in [0.1, 0.15) is 0 Å². The lowest BCUT2D eigenvalue weighted by molar-refractivity contribution is -0.138. The summed E-state index contributed by atoms with van der Waals surface area (Å²) in [5.41, 5.74) is 1.09. The molecule has 2 aromatic rings. The van der Waals surface area contributed by atoms with Crippen LogP contribution in [0.3, 0.4) is 0 Å². The van der Waals surface area contributed by atoms with Crippen LogP contribution < -0.4 is 5.32 Å². The first-order valence-electron chi connectivity index (χ1n) is 7.88. The van der Waals surface area contributed by atoms with Crippen molar-refractivity contribution in [3.05, 3.63) is 70.8 Å². The highest BCUT2D eigenvalue weighted by atomic mass is 32.2. The number of amides is 1. The molecule has 2 aromatic carbocycles. The van der Waals surface area contributed by atoms with Crippen LogP contribution in [0, 0.1) is 11.3 Å². The van der Waals surface area contributed by atoms with Crippen molar-refractivity contribution in [1.29, 1.82) is 5.26 Å². The molecular formula is C19H17F3N2OS. The first-order chi connectivity index (χ1) is 12.4. The SMILES string of the molecule is N#Cc1ccc(CSCC(=O)NCCc2ccccc2C(F)(F)F)cc1. The Labute approximate surface area is 154 Å². The van der Waals surface area contributed by atoms with Crippen LogP contribution in [-0.2, 0) is 23.1 Å². The van der Waals surface area contributed by atoms with E-state index in [1.165, 1.54) is 23.9 Å². The molecule has 0 aromatic heterocycles. The zero-order valence-corrected chi connectivity index (χ0v) is 14.7. The molecule has 0 saturated carbocycles. The number of nitriles is 1. The van der Waals surface area contributed by atoms with Gasteiger partial charge in [0.25, 0.3) is 0 Å². The van der Waals surface area contributed by atoms with E-state index < -0.39 is 11.7 Å². The van der Waals surface area contributed by atoms with Gasteiger partial charge < -0.3 is 5.32 Å². The summed E-state index contributed by atoms with van der Waals surface area (Å²) in [5.74, 6) is 0.630. The Hall–Kier alpha value is -2.46. The Morgan fingerprint density at radius 1 is 1.12 bits per heavy atom. The van der Waals surface area contributed by atoms with E-state index in [1.54, 1.807) is 18.2 Å². The van der Waals surface area contributed by atoms with Gasteiger partial charge in [-0.2, -0.15) is 18.4 Å². The van der Waals surface area contributed by atoms with E-state index >= 15 is 0 Å². The maximum Gasteiger partial charge on any atom is 0.416 e. The molecule has 0 spiro atoms. The summed E-state index contributed by atoms with van der Waals surface area (Å²) in [6.45, 7) is 0.156. The minimum atomic E-state index is -4.39. The maximum atomic E-state index is 12.9. The van der Waals surface area contributed by atoms with Gasteiger partial charge in [-0.25, -0.2) is 0 Å². The minimum absolute atomic E-state index is 0.127. The Kier molecular flexibility index (Phi) is 7.10. The second-order valence-electron chi connectivity index (χ2n) is 5.56. The van der Waals surface area contributed by atoms with Crippen LogP contribution in [0.2, 0.25) is 0 Å². The Bertz CT molecular complexity index is 783. The molecule has 0 saturated heterocycles. The predicted octanol–water partition coefficient (Wildman–Crippen LogP) is 4.17. The predicted molar refractivity (Wildman–Crippen MR) is 95.5 cm³/mol. The van der Waals surface area contributed by atoms with Gasteiger partial charge in [0.15, 0.2) is 0 Å². The molecule has 1 N–H and O–H groups in total. The van der Waals surface area contributed by atoms with E-state index in [-0.39, 0.29) is 30.2 Å². The van der Waals surface area contributed by atoms with Gasteiger partial charge >= 0.3 is 6.18 Å². The first-order valence-corrected chi connectivity index (χ1v) is 9.04. The molecule has 0 heterocycles. The molecule has 0 aliphatic carbocycles. The standard InChI is InChI=1S/C19H17F3N2OS/c20-19(21,22)17-4-2-1-3-16(17)9-10-24-18(25)13-26-12-15-7-5-14(11-23)6-8-15/h1-8H,9-10,12-13H2,(H,24,25). The fourth-order valence-corrected chi connectivity index (χ4v) is 3.16. The number of alkyl halides is 3. The topological polar surface area (TPSA) is 52.9 Å². The van der Waals surface area contributed by atoms with Gasteiger partial charge in [-0.05, 0) is 35.7 Å². The molecule has 0 aliphatic heterocycles. The number of hydrogen-bond acceptors (Lipinski definition) is 3. The van der Waals surface area contributed by atoms with Crippen molar-refractivity contribution in [3.63, 3.8) is 0 Å². The van der Waals surface area contributed by atoms with E-state index in [0.717, 1.165) is 11.6 Å². The lowest BCUT2D eigenvalue weighted by Crippen LogP contribution is -2.27. The van der Waals surface area contributed by atoms with E-state index in [1.807, 2.05) is 18.2 Å². The Balaban J connectivity index is 1.73. The summed E-state index contributed by atoms with van der Waals surface area (Å²) >= 11 is 1.41. The van der Waals surface area contributed by atoms with Crippen molar-refractivity contribution in [2.75, 3.05) is 12.3 Å². The van der Waals surface area contributed by atoms with Crippen LogP contribution in [0.5, 0.6) is 0 Å². The highest BCUT2D eigenvalue weighted by Gasteiger charge is 2.32. The number of benzene rings is 2. The quantitative estimate of drug-likeness (QED) is 0.787. The third-order valence-electron chi connectivity index (χ3n) is 3.62. The van der Waals surface area contributed by atoms with Crippen molar-refractivity contribution >= 4 is 17.7 Å². The molecular weight excluding hydrogens is 361 g/mol. The Morgan fingerprint density at radius 2 is 1.81 bits per heavy atom. The third-order valence-corrected chi connectivity index (χ3v) is 4.63. The van der Waals surface area contributed by atoms with Crippen molar-refractivity contribution in [3.8, 4) is 6.07 Å². The zero-order chi connectivity index (χ0) is 19.0. The number of rotatable bonds is 7. The van der Waals surface area contributed by atoms with Crippen molar-refractivity contribution in [2.24, 2.45) is 0 Å². The fourth-order valence-electron chi connectivity index (χ4n) is 2.34. The van der Waals surface area contributed by atoms with Crippen LogP contribution in [0.25, 0.3) is 0 Å². The number of nitrogens with one attached hydrogen (secondary N) is 1. The minimum Gasteiger partial charge on any atom is -0.355 e. The van der Waals surface area contributed by atoms with Crippen LogP contribution >= 0.6 is 11.8 Å². The summed E-state index contributed by atoms with van der Waals surface area (Å²) in [7, 11) is 0. The van der Waals surface area contributed by atoms with Gasteiger partial charge in [0.05, 0.1) is 22.9 Å². The highest BCUT2D eigenvalue weighted by molar-refractivity contribution is 7.99. The number of carbonyl (C=O) groups excluding carboxylic acids is 1. The van der Waals surface area contributed by atoms with Crippen LogP contribution in [0.15, 0.2) is 48.5 Å². The number of halogens is 3. The van der Waals surface area contributed by atoms with Crippen LogP contribution in [0.4, 0.5) is 13.2 Å². The molecule has 0 bridgehead atoms. The lowest BCUT2D eigenvalue weighted by atomic mass is 10.0. The molecule has 26 heavy (non-hydrogen) atoms. The number of nitrogens with zero attached hydrogens (tertiary/aromatic N) is 1. The maximum absolute atomic E-state index is 12.9. The second-order valence-corrected chi connectivity index (χ2v) is 6.54. The largest absolute Gasteiger partial charge is 0.416 e. The number of hydrogen-bond donors (Lipinski definition) is 1. The highest BCUT2D eigenvalue weighted by Crippen LogP contribution is 2.31. The average Bonchev–Trinajstić information content (AvgIpc) is 2.62. The molecule has 2 rings (SSSR count). The average molecular weight is 378 g/mol. The summed E-state index contributed by atoms with van der Waals surface area (Å²) in [6, 6.07) is 14.5. The summed E-state index contributed by atoms with van der Waals surface area (Å²) < 4.78 is 38.7. The molecule has 0 radical (unpaired) electrons. The van der Waals surface area contributed by atoms with Gasteiger partial charge in [-0.15, -0.1) is 11.8 Å². The monoisotopic (exact) mass is 378 g/mol. The molecule has 136 valence electrons. The molecule has 7 heteroatoms. The molecule has 0 fully saturated rings. The normalized spacial score (nSPS) is 11.0. The van der Waals surface area contributed by atoms with Crippen LogP contribution in [-0.4, -0.2) is 18.2 Å². The van der Waals surface area contributed by atoms with Crippen LogP contribution in [0.1, 0.15) is 22.3 Å². The summed E-state index contributed by atoms with van der Waals surface area (Å²) in [6.07, 6.45) is -4.26. The molecule has 0 unspecified atom stereocenters. The molecule has 3 nitrogen and oxygen atoms in total. The number of thioether (sulfide) groups is 1. The Morgan fingerprint density at radius 3 is 2.46 bits per heavy atom. The zero-order valence-electron chi connectivity index (χ0n) is 13.8. The fraction of sp³-hybridized carbons (Fsp3) is 0.263. The van der Waals surface area contributed by atoms with Gasteiger partial charge in [-0.1, -0.05) is 30.3 Å². The van der Waals surface area contributed by atoms with E-state index in [0.29, 0.717) is 11.3 Å². The molecule has 1 amide bonds. The van der Waals surface area contributed by atoms with E-state index in [2.05, 4.69) is 5.32 Å². The summed E-state index contributed by atoms with van der Waals surface area (Å²) in [4.78, 5) is 11.8. The van der Waals surface area contributed by atoms with Crippen molar-refractivity contribution in [2.45, 2.75) is 18.3 Å². The number of carbonyl (C=O) groups is 1. The van der Waals surface area contributed by atoms with Gasteiger partial charge in [0, 0.05) is 12.3 Å². The van der Waals surface area contributed by atoms with Gasteiger partial charge in [0.2, 0.25) is 5.91 Å². The summed E-state index contributed by atoms with van der Waals surface area (Å²) in [5, 5.41) is 11.4. The van der Waals surface area contributed by atoms with Gasteiger partial charge in [-0.3, -0.25) is 4.79 Å². The van der Waals surface area contributed by atoms with Crippen molar-refractivity contribution < 1.29 is 18.0 Å². The van der Waals surface area contributed by atoms with Crippen molar-refractivity contribution in [1.82, 2.24) is 5.32 Å². The van der Waals surface area contributed by atoms with E-state index in [4.69, 9.17) is 5.26 Å². The van der Waals surface area contributed by atoms with E-state index in [9.17, 15) is 18.0 Å².